The molecule has 0 radical (unpaired) electrons. The van der Waals surface area contributed by atoms with Crippen molar-refractivity contribution in [2.45, 2.75) is 26.0 Å². The lowest BCUT2D eigenvalue weighted by molar-refractivity contribution is 0.180. The van der Waals surface area contributed by atoms with Gasteiger partial charge in [-0.1, -0.05) is 0 Å². The zero-order chi connectivity index (χ0) is 14.5. The van der Waals surface area contributed by atoms with E-state index in [9.17, 15) is 0 Å². The van der Waals surface area contributed by atoms with E-state index in [2.05, 4.69) is 5.10 Å². The second kappa shape index (κ2) is 6.43. The Balaban J connectivity index is 2.12. The average molecular weight is 275 g/mol. The van der Waals surface area contributed by atoms with E-state index in [1.54, 1.807) is 10.9 Å². The molecule has 0 aliphatic heterocycles. The third-order valence-electron chi connectivity index (χ3n) is 2.93. The molecule has 2 atom stereocenters. The molecule has 108 valence electrons. The molecule has 20 heavy (non-hydrogen) atoms. The minimum Gasteiger partial charge on any atom is -0.494 e. The maximum Gasteiger partial charge on any atom is 0.141 e. The summed E-state index contributed by atoms with van der Waals surface area (Å²) < 4.78 is 13.1. The molecule has 0 spiro atoms. The van der Waals surface area contributed by atoms with Crippen LogP contribution in [0.4, 0.5) is 0 Å². The highest BCUT2D eigenvalue weighted by Crippen LogP contribution is 2.25. The van der Waals surface area contributed by atoms with Gasteiger partial charge < -0.3 is 15.2 Å². The number of hydrogen-bond donors (Lipinski definition) is 1. The normalized spacial score (nSPS) is 13.8. The lowest BCUT2D eigenvalue weighted by atomic mass is 10.1. The van der Waals surface area contributed by atoms with Crippen LogP contribution in [0.2, 0.25) is 0 Å². The van der Waals surface area contributed by atoms with E-state index in [0.29, 0.717) is 6.61 Å². The Labute approximate surface area is 119 Å². The number of ether oxygens (including phenoxy) is 2. The Kier molecular flexibility index (Phi) is 4.63. The van der Waals surface area contributed by atoms with Gasteiger partial charge in [0.25, 0.3) is 0 Å². The second-order valence-electron chi connectivity index (χ2n) is 4.75. The Bertz CT molecular complexity index is 534. The minimum atomic E-state index is -0.221. The van der Waals surface area contributed by atoms with E-state index in [0.717, 1.165) is 17.1 Å². The number of rotatable bonds is 6. The summed E-state index contributed by atoms with van der Waals surface area (Å²) in [4.78, 5) is 0. The van der Waals surface area contributed by atoms with Crippen molar-refractivity contribution in [3.63, 3.8) is 0 Å². The molecule has 2 aromatic rings. The lowest BCUT2D eigenvalue weighted by Crippen LogP contribution is -2.28. The van der Waals surface area contributed by atoms with Crippen LogP contribution in [-0.2, 0) is 7.05 Å². The molecule has 5 nitrogen and oxygen atoms in total. The molecular formula is C15H21N3O2. The second-order valence-corrected chi connectivity index (χ2v) is 4.75. The van der Waals surface area contributed by atoms with Crippen LogP contribution in [-0.4, -0.2) is 22.4 Å². The topological polar surface area (TPSA) is 62.3 Å². The van der Waals surface area contributed by atoms with Gasteiger partial charge in [-0.15, -0.1) is 0 Å². The molecule has 0 saturated heterocycles. The van der Waals surface area contributed by atoms with Crippen molar-refractivity contribution in [3.8, 4) is 11.5 Å². The van der Waals surface area contributed by atoms with Crippen LogP contribution in [0.1, 0.15) is 25.5 Å². The maximum atomic E-state index is 6.02. The van der Waals surface area contributed by atoms with Gasteiger partial charge in [-0.25, -0.2) is 0 Å². The molecule has 1 aromatic heterocycles. The fourth-order valence-corrected chi connectivity index (χ4v) is 1.99. The first-order valence-corrected chi connectivity index (χ1v) is 6.73. The van der Waals surface area contributed by atoms with Gasteiger partial charge in [0.1, 0.15) is 17.6 Å². The first kappa shape index (κ1) is 14.4. The Morgan fingerprint density at radius 2 is 1.90 bits per heavy atom. The van der Waals surface area contributed by atoms with Crippen molar-refractivity contribution in [2.75, 3.05) is 6.61 Å². The largest absolute Gasteiger partial charge is 0.494 e. The fourth-order valence-electron chi connectivity index (χ4n) is 1.99. The number of nitrogens with zero attached hydrogens (tertiary/aromatic N) is 2. The molecule has 0 amide bonds. The zero-order valence-electron chi connectivity index (χ0n) is 12.1. The summed E-state index contributed by atoms with van der Waals surface area (Å²) in [6.07, 6.45) is 3.48. The Morgan fingerprint density at radius 3 is 2.40 bits per heavy atom. The molecule has 1 aromatic carbocycles. The number of aryl methyl sites for hydroxylation is 1. The van der Waals surface area contributed by atoms with Crippen molar-refractivity contribution >= 4 is 0 Å². The standard InChI is InChI=1S/C15H21N3O2/c1-4-19-13-5-7-14(8-6-13)20-15(11(2)16)12-9-17-18(3)10-12/h5-11,15H,4,16H2,1-3H3. The molecule has 0 bridgehead atoms. The number of benzene rings is 1. The molecule has 0 saturated carbocycles. The third-order valence-corrected chi connectivity index (χ3v) is 2.93. The summed E-state index contributed by atoms with van der Waals surface area (Å²) in [5.74, 6) is 1.60. The van der Waals surface area contributed by atoms with Gasteiger partial charge in [-0.05, 0) is 38.1 Å². The van der Waals surface area contributed by atoms with Gasteiger partial charge in [0.05, 0.1) is 12.8 Å². The average Bonchev–Trinajstić information content (AvgIpc) is 2.84. The summed E-state index contributed by atoms with van der Waals surface area (Å²) in [6, 6.07) is 7.42. The van der Waals surface area contributed by atoms with Gasteiger partial charge >= 0.3 is 0 Å². The highest BCUT2D eigenvalue weighted by atomic mass is 16.5. The lowest BCUT2D eigenvalue weighted by Gasteiger charge is -2.21. The highest BCUT2D eigenvalue weighted by Gasteiger charge is 2.19. The van der Waals surface area contributed by atoms with Gasteiger partial charge in [0.2, 0.25) is 0 Å². The van der Waals surface area contributed by atoms with Crippen molar-refractivity contribution in [2.24, 2.45) is 12.8 Å². The molecule has 0 aliphatic rings. The molecular weight excluding hydrogens is 254 g/mol. The summed E-state index contributed by atoms with van der Waals surface area (Å²) in [5.41, 5.74) is 6.99. The first-order valence-electron chi connectivity index (χ1n) is 6.73. The summed E-state index contributed by atoms with van der Waals surface area (Å²) >= 11 is 0. The van der Waals surface area contributed by atoms with Crippen LogP contribution >= 0.6 is 0 Å². The van der Waals surface area contributed by atoms with Crippen molar-refractivity contribution in [1.29, 1.82) is 0 Å². The predicted octanol–water partition coefficient (Wildman–Crippen LogP) is 2.29. The number of hydrogen-bond acceptors (Lipinski definition) is 4. The number of aromatic nitrogens is 2. The van der Waals surface area contributed by atoms with Gasteiger partial charge in [0, 0.05) is 24.8 Å². The molecule has 1 heterocycles. The molecule has 2 N–H and O–H groups in total. The zero-order valence-corrected chi connectivity index (χ0v) is 12.1. The maximum absolute atomic E-state index is 6.02. The van der Waals surface area contributed by atoms with Gasteiger partial charge in [-0.2, -0.15) is 5.10 Å². The van der Waals surface area contributed by atoms with Crippen LogP contribution in [0.15, 0.2) is 36.7 Å². The van der Waals surface area contributed by atoms with E-state index in [1.807, 2.05) is 51.4 Å². The van der Waals surface area contributed by atoms with E-state index in [1.165, 1.54) is 0 Å². The van der Waals surface area contributed by atoms with Crippen molar-refractivity contribution in [1.82, 2.24) is 9.78 Å². The SMILES string of the molecule is CCOc1ccc(OC(c2cnn(C)c2)C(C)N)cc1. The van der Waals surface area contributed by atoms with E-state index in [4.69, 9.17) is 15.2 Å². The molecule has 5 heteroatoms. The quantitative estimate of drug-likeness (QED) is 0.878. The van der Waals surface area contributed by atoms with Gasteiger partial charge in [-0.3, -0.25) is 4.68 Å². The molecule has 0 aliphatic carbocycles. The van der Waals surface area contributed by atoms with Crippen molar-refractivity contribution < 1.29 is 9.47 Å². The summed E-state index contributed by atoms with van der Waals surface area (Å²) in [6.45, 7) is 4.53. The summed E-state index contributed by atoms with van der Waals surface area (Å²) in [7, 11) is 1.87. The van der Waals surface area contributed by atoms with Crippen LogP contribution in [0, 0.1) is 0 Å². The van der Waals surface area contributed by atoms with E-state index < -0.39 is 0 Å². The number of nitrogens with two attached hydrogens (primary N) is 1. The Morgan fingerprint density at radius 1 is 1.25 bits per heavy atom. The molecule has 2 rings (SSSR count). The first-order chi connectivity index (χ1) is 9.60. The smallest absolute Gasteiger partial charge is 0.141 e. The fraction of sp³-hybridized carbons (Fsp3) is 0.400. The third kappa shape index (κ3) is 3.51. The van der Waals surface area contributed by atoms with Gasteiger partial charge in [0.15, 0.2) is 0 Å². The van der Waals surface area contributed by atoms with E-state index in [-0.39, 0.29) is 12.1 Å². The predicted molar refractivity (Wildman–Crippen MR) is 77.8 cm³/mol. The van der Waals surface area contributed by atoms with Crippen LogP contribution < -0.4 is 15.2 Å². The van der Waals surface area contributed by atoms with E-state index >= 15 is 0 Å². The molecule has 0 fully saturated rings. The summed E-state index contributed by atoms with van der Waals surface area (Å²) in [5, 5.41) is 4.16. The monoisotopic (exact) mass is 275 g/mol. The van der Waals surface area contributed by atoms with Crippen LogP contribution in [0.25, 0.3) is 0 Å². The Hall–Kier alpha value is -2.01. The molecule has 2 unspecified atom stereocenters. The minimum absolute atomic E-state index is 0.134. The van der Waals surface area contributed by atoms with Crippen LogP contribution in [0.3, 0.4) is 0 Å². The van der Waals surface area contributed by atoms with Crippen LogP contribution in [0.5, 0.6) is 11.5 Å². The van der Waals surface area contributed by atoms with Crippen molar-refractivity contribution in [3.05, 3.63) is 42.2 Å². The highest BCUT2D eigenvalue weighted by molar-refractivity contribution is 5.32.